The molecule has 2 saturated heterocycles. The van der Waals surface area contributed by atoms with E-state index in [-0.39, 0.29) is 17.2 Å². The highest BCUT2D eigenvalue weighted by atomic mass is 16.2. The molecule has 172 valence electrons. The number of hydrogen-bond acceptors (Lipinski definition) is 4. The maximum atomic E-state index is 13.3. The number of carbonyl (C=O) groups is 2. The van der Waals surface area contributed by atoms with Crippen LogP contribution in [-0.4, -0.2) is 85.4 Å². The van der Waals surface area contributed by atoms with Gasteiger partial charge in [-0.25, -0.2) is 0 Å². The van der Waals surface area contributed by atoms with Crippen molar-refractivity contribution in [3.63, 3.8) is 0 Å². The Hall–Kier alpha value is -1.92. The van der Waals surface area contributed by atoms with Crippen LogP contribution >= 0.6 is 0 Å². The van der Waals surface area contributed by atoms with Gasteiger partial charge in [-0.3, -0.25) is 9.59 Å². The third kappa shape index (κ3) is 7.04. The highest BCUT2D eigenvalue weighted by Crippen LogP contribution is 2.22. The molecule has 0 aliphatic carbocycles. The Balaban J connectivity index is 1.61. The quantitative estimate of drug-likeness (QED) is 0.692. The van der Waals surface area contributed by atoms with Crippen molar-refractivity contribution in [2.45, 2.75) is 51.9 Å². The Labute approximate surface area is 188 Å². The zero-order valence-corrected chi connectivity index (χ0v) is 19.7. The van der Waals surface area contributed by atoms with E-state index in [9.17, 15) is 9.59 Å². The van der Waals surface area contributed by atoms with E-state index in [2.05, 4.69) is 43.1 Å². The summed E-state index contributed by atoms with van der Waals surface area (Å²) in [6, 6.07) is 7.99. The van der Waals surface area contributed by atoms with Gasteiger partial charge in [-0.1, -0.05) is 32.9 Å². The van der Waals surface area contributed by atoms with Gasteiger partial charge in [0, 0.05) is 51.3 Å². The van der Waals surface area contributed by atoms with Gasteiger partial charge in [0.2, 0.25) is 5.91 Å². The molecule has 2 aliphatic heterocycles. The van der Waals surface area contributed by atoms with Crippen LogP contribution in [0.5, 0.6) is 0 Å². The predicted octanol–water partition coefficient (Wildman–Crippen LogP) is 2.73. The van der Waals surface area contributed by atoms with Crippen molar-refractivity contribution < 1.29 is 9.59 Å². The van der Waals surface area contributed by atoms with Crippen LogP contribution in [0.15, 0.2) is 24.3 Å². The average molecular weight is 429 g/mol. The van der Waals surface area contributed by atoms with Crippen LogP contribution in [0.4, 0.5) is 0 Å². The van der Waals surface area contributed by atoms with Crippen LogP contribution in [0.25, 0.3) is 0 Å². The molecule has 3 rings (SSSR count). The van der Waals surface area contributed by atoms with E-state index in [0.29, 0.717) is 25.1 Å². The fraction of sp³-hybridized carbons (Fsp3) is 0.680. The SMILES string of the molecule is CC(C)(C)c1ccc(C(=O)N(CCCN2CCCC2)CCC(=O)N2CCNCC2)cc1. The lowest BCUT2D eigenvalue weighted by Gasteiger charge is -2.29. The van der Waals surface area contributed by atoms with Crippen molar-refractivity contribution in [3.05, 3.63) is 35.4 Å². The smallest absolute Gasteiger partial charge is 0.253 e. The molecule has 0 atom stereocenters. The lowest BCUT2D eigenvalue weighted by molar-refractivity contribution is -0.131. The normalized spacial score (nSPS) is 17.7. The zero-order valence-electron chi connectivity index (χ0n) is 19.7. The Morgan fingerprint density at radius 3 is 2.23 bits per heavy atom. The second-order valence-corrected chi connectivity index (χ2v) is 9.90. The summed E-state index contributed by atoms with van der Waals surface area (Å²) in [5, 5.41) is 3.28. The van der Waals surface area contributed by atoms with Crippen LogP contribution in [-0.2, 0) is 10.2 Å². The summed E-state index contributed by atoms with van der Waals surface area (Å²) in [6.07, 6.45) is 3.91. The van der Waals surface area contributed by atoms with Gasteiger partial charge in [0.1, 0.15) is 0 Å². The second kappa shape index (κ2) is 11.1. The Morgan fingerprint density at radius 2 is 1.61 bits per heavy atom. The first-order valence-electron chi connectivity index (χ1n) is 12.0. The molecule has 0 saturated carbocycles. The first-order chi connectivity index (χ1) is 14.8. The van der Waals surface area contributed by atoms with E-state index in [1.807, 2.05) is 21.9 Å². The fourth-order valence-electron chi connectivity index (χ4n) is 4.40. The highest BCUT2D eigenvalue weighted by molar-refractivity contribution is 5.94. The molecule has 1 aromatic carbocycles. The molecule has 6 nitrogen and oxygen atoms in total. The maximum absolute atomic E-state index is 13.3. The minimum atomic E-state index is 0.0370. The van der Waals surface area contributed by atoms with Gasteiger partial charge >= 0.3 is 0 Å². The summed E-state index contributed by atoms with van der Waals surface area (Å²) in [6.45, 7) is 14.3. The number of likely N-dealkylation sites (tertiary alicyclic amines) is 1. The molecule has 2 heterocycles. The van der Waals surface area contributed by atoms with E-state index in [1.165, 1.54) is 31.5 Å². The van der Waals surface area contributed by atoms with Crippen LogP contribution in [0.1, 0.15) is 62.4 Å². The van der Waals surface area contributed by atoms with Crippen molar-refractivity contribution in [1.82, 2.24) is 20.0 Å². The number of rotatable bonds is 8. The van der Waals surface area contributed by atoms with Gasteiger partial charge in [0.05, 0.1) is 0 Å². The number of benzene rings is 1. The fourth-order valence-corrected chi connectivity index (χ4v) is 4.40. The van der Waals surface area contributed by atoms with Gasteiger partial charge in [-0.15, -0.1) is 0 Å². The van der Waals surface area contributed by atoms with Gasteiger partial charge < -0.3 is 20.0 Å². The lowest BCUT2D eigenvalue weighted by Crippen LogP contribution is -2.47. The summed E-state index contributed by atoms with van der Waals surface area (Å²) < 4.78 is 0. The predicted molar refractivity (Wildman–Crippen MR) is 125 cm³/mol. The first kappa shape index (κ1) is 23.7. The molecule has 31 heavy (non-hydrogen) atoms. The standard InChI is InChI=1S/C25H40N4O2/c1-25(2,3)22-9-7-21(8-10-22)24(31)29(17-6-16-27-14-4-5-15-27)18-11-23(30)28-19-12-26-13-20-28/h7-10,26H,4-6,11-20H2,1-3H3. The summed E-state index contributed by atoms with van der Waals surface area (Å²) in [5.74, 6) is 0.192. The molecule has 0 radical (unpaired) electrons. The summed E-state index contributed by atoms with van der Waals surface area (Å²) >= 11 is 0. The molecule has 0 aromatic heterocycles. The van der Waals surface area contributed by atoms with E-state index in [4.69, 9.17) is 0 Å². The van der Waals surface area contributed by atoms with E-state index >= 15 is 0 Å². The number of piperazine rings is 1. The number of nitrogens with one attached hydrogen (secondary N) is 1. The van der Waals surface area contributed by atoms with E-state index < -0.39 is 0 Å². The number of hydrogen-bond donors (Lipinski definition) is 1. The number of nitrogens with zero attached hydrogens (tertiary/aromatic N) is 3. The van der Waals surface area contributed by atoms with Gasteiger partial charge in [0.25, 0.3) is 5.91 Å². The molecular formula is C25H40N4O2. The third-order valence-electron chi connectivity index (χ3n) is 6.45. The van der Waals surface area contributed by atoms with Crippen LogP contribution in [0.2, 0.25) is 0 Å². The maximum Gasteiger partial charge on any atom is 0.253 e. The Bertz CT molecular complexity index is 714. The van der Waals surface area contributed by atoms with Crippen LogP contribution in [0, 0.1) is 0 Å². The molecule has 1 aromatic rings. The van der Waals surface area contributed by atoms with Gasteiger partial charge in [-0.05, 0) is 62.0 Å². The molecule has 0 unspecified atom stereocenters. The van der Waals surface area contributed by atoms with Crippen molar-refractivity contribution in [2.24, 2.45) is 0 Å². The molecule has 0 spiro atoms. The third-order valence-corrected chi connectivity index (χ3v) is 6.45. The van der Waals surface area contributed by atoms with Crippen LogP contribution < -0.4 is 5.32 Å². The van der Waals surface area contributed by atoms with Gasteiger partial charge in [-0.2, -0.15) is 0 Å². The molecule has 2 aliphatic rings. The first-order valence-corrected chi connectivity index (χ1v) is 12.0. The van der Waals surface area contributed by atoms with Gasteiger partial charge in [0.15, 0.2) is 0 Å². The Morgan fingerprint density at radius 1 is 0.968 bits per heavy atom. The minimum absolute atomic E-state index is 0.0370. The second-order valence-electron chi connectivity index (χ2n) is 9.90. The van der Waals surface area contributed by atoms with Crippen molar-refractivity contribution >= 4 is 11.8 Å². The molecule has 2 amide bonds. The molecule has 2 fully saturated rings. The van der Waals surface area contributed by atoms with E-state index in [1.54, 1.807) is 0 Å². The monoisotopic (exact) mass is 428 g/mol. The van der Waals surface area contributed by atoms with Crippen molar-refractivity contribution in [3.8, 4) is 0 Å². The molecule has 6 heteroatoms. The summed E-state index contributed by atoms with van der Waals surface area (Å²) in [4.78, 5) is 32.2. The highest BCUT2D eigenvalue weighted by Gasteiger charge is 2.22. The van der Waals surface area contributed by atoms with Crippen LogP contribution in [0.3, 0.4) is 0 Å². The largest absolute Gasteiger partial charge is 0.340 e. The molecule has 0 bridgehead atoms. The summed E-state index contributed by atoms with van der Waals surface area (Å²) in [5.41, 5.74) is 1.99. The molecule has 1 N–H and O–H groups in total. The van der Waals surface area contributed by atoms with Crippen molar-refractivity contribution in [2.75, 3.05) is 58.9 Å². The zero-order chi connectivity index (χ0) is 22.3. The number of amides is 2. The topological polar surface area (TPSA) is 55.9 Å². The Kier molecular flexibility index (Phi) is 8.50. The lowest BCUT2D eigenvalue weighted by atomic mass is 9.86. The molecular weight excluding hydrogens is 388 g/mol. The van der Waals surface area contributed by atoms with Crippen molar-refractivity contribution in [1.29, 1.82) is 0 Å². The summed E-state index contributed by atoms with van der Waals surface area (Å²) in [7, 11) is 0. The minimum Gasteiger partial charge on any atom is -0.340 e. The number of carbonyl (C=O) groups excluding carboxylic acids is 2. The average Bonchev–Trinajstić information content (AvgIpc) is 3.29. The van der Waals surface area contributed by atoms with E-state index in [0.717, 1.165) is 39.1 Å².